The number of hydrogen-bond donors (Lipinski definition) is 1. The summed E-state index contributed by atoms with van der Waals surface area (Å²) in [6.45, 7) is 0.499. The van der Waals surface area contributed by atoms with Gasteiger partial charge >= 0.3 is 6.18 Å². The Kier molecular flexibility index (Phi) is 4.37. The van der Waals surface area contributed by atoms with Crippen molar-refractivity contribution in [3.63, 3.8) is 0 Å². The molecule has 28 heavy (non-hydrogen) atoms. The molecule has 1 aliphatic rings. The number of nitrogens with one attached hydrogen (secondary N) is 1. The van der Waals surface area contributed by atoms with Gasteiger partial charge in [0.1, 0.15) is 5.82 Å². The van der Waals surface area contributed by atoms with Gasteiger partial charge in [-0.15, -0.1) is 0 Å². The maximum absolute atomic E-state index is 13.6. The maximum Gasteiger partial charge on any atom is 0.416 e. The van der Waals surface area contributed by atoms with Crippen molar-refractivity contribution in [3.8, 4) is 5.69 Å². The molecular weight excluding hydrogens is 376 g/mol. The zero-order valence-corrected chi connectivity index (χ0v) is 14.4. The van der Waals surface area contributed by atoms with Crippen LogP contribution in [-0.2, 0) is 19.0 Å². The second-order valence-electron chi connectivity index (χ2n) is 6.45. The van der Waals surface area contributed by atoms with E-state index in [4.69, 9.17) is 0 Å². The summed E-state index contributed by atoms with van der Waals surface area (Å²) in [4.78, 5) is 16.0. The number of fused-ring (bicyclic) bond motifs is 1. The highest BCUT2D eigenvalue weighted by atomic mass is 19.4. The number of carbonyl (C=O) groups excluding carboxylic acids is 1. The zero-order valence-electron chi connectivity index (χ0n) is 14.4. The van der Waals surface area contributed by atoms with Crippen molar-refractivity contribution in [3.05, 3.63) is 76.6 Å². The van der Waals surface area contributed by atoms with Gasteiger partial charge in [-0.05, 0) is 35.9 Å². The van der Waals surface area contributed by atoms with Gasteiger partial charge in [-0.2, -0.15) is 18.3 Å². The lowest BCUT2D eigenvalue weighted by atomic mass is 10.0. The fourth-order valence-electron chi connectivity index (χ4n) is 3.24. The highest BCUT2D eigenvalue weighted by molar-refractivity contribution is 5.96. The third-order valence-electron chi connectivity index (χ3n) is 4.48. The molecular formula is C19H14F4N4O. The zero-order chi connectivity index (χ0) is 19.9. The van der Waals surface area contributed by atoms with Crippen LogP contribution in [0.4, 0.5) is 17.6 Å². The van der Waals surface area contributed by atoms with Crippen molar-refractivity contribution < 1.29 is 22.4 Å². The molecule has 3 heterocycles. The molecule has 0 saturated carbocycles. The van der Waals surface area contributed by atoms with E-state index in [1.807, 2.05) is 0 Å². The molecule has 1 amide bonds. The second-order valence-corrected chi connectivity index (χ2v) is 6.45. The fourth-order valence-corrected chi connectivity index (χ4v) is 3.24. The van der Waals surface area contributed by atoms with Gasteiger partial charge in [-0.25, -0.2) is 9.07 Å². The van der Waals surface area contributed by atoms with Gasteiger partial charge in [0.2, 0.25) is 0 Å². The molecule has 0 radical (unpaired) electrons. The summed E-state index contributed by atoms with van der Waals surface area (Å²) >= 11 is 0. The van der Waals surface area contributed by atoms with Crippen LogP contribution in [0.5, 0.6) is 0 Å². The van der Waals surface area contributed by atoms with Crippen molar-refractivity contribution in [1.82, 2.24) is 20.1 Å². The number of halogens is 4. The molecule has 0 unspecified atom stereocenters. The molecule has 0 bridgehead atoms. The van der Waals surface area contributed by atoms with Gasteiger partial charge in [-0.1, -0.05) is 0 Å². The fraction of sp³-hybridized carbons (Fsp3) is 0.211. The van der Waals surface area contributed by atoms with Gasteiger partial charge < -0.3 is 5.32 Å². The van der Waals surface area contributed by atoms with E-state index in [1.54, 1.807) is 16.8 Å². The van der Waals surface area contributed by atoms with Gasteiger partial charge in [0.25, 0.3) is 5.91 Å². The van der Waals surface area contributed by atoms with E-state index in [9.17, 15) is 22.4 Å². The highest BCUT2D eigenvalue weighted by Crippen LogP contribution is 2.31. The lowest BCUT2D eigenvalue weighted by Gasteiger charge is -2.15. The highest BCUT2D eigenvalue weighted by Gasteiger charge is 2.31. The third kappa shape index (κ3) is 3.47. The minimum absolute atomic E-state index is 0.0264. The molecule has 3 aromatic rings. The standard InChI is InChI=1S/C19H14F4N4O/c20-13-6-11(5-12(8-13)19(21,22)23)7-14-9-15(1-3-24-14)27-17-2-4-25-18(28)16(17)10-26-27/h1,3,5-6,8-10H,2,4,7H2,(H,25,28). The number of aromatic nitrogens is 3. The average molecular weight is 390 g/mol. The van der Waals surface area contributed by atoms with E-state index in [2.05, 4.69) is 15.4 Å². The largest absolute Gasteiger partial charge is 0.416 e. The van der Waals surface area contributed by atoms with Crippen molar-refractivity contribution in [2.75, 3.05) is 6.54 Å². The summed E-state index contributed by atoms with van der Waals surface area (Å²) in [5, 5.41) is 6.98. The minimum atomic E-state index is -4.62. The van der Waals surface area contributed by atoms with Crippen LogP contribution in [0, 0.1) is 5.82 Å². The molecule has 1 aliphatic heterocycles. The number of carbonyl (C=O) groups is 1. The van der Waals surface area contributed by atoms with Crippen LogP contribution < -0.4 is 5.32 Å². The predicted molar refractivity (Wildman–Crippen MR) is 91.6 cm³/mol. The van der Waals surface area contributed by atoms with Crippen molar-refractivity contribution in [1.29, 1.82) is 0 Å². The van der Waals surface area contributed by atoms with Crippen LogP contribution in [0.1, 0.15) is 32.9 Å². The van der Waals surface area contributed by atoms with Gasteiger partial charge in [0.15, 0.2) is 0 Å². The molecule has 1 N–H and O–H groups in total. The first kappa shape index (κ1) is 18.1. The van der Waals surface area contributed by atoms with Crippen LogP contribution in [0.25, 0.3) is 5.69 Å². The van der Waals surface area contributed by atoms with E-state index in [1.165, 1.54) is 12.4 Å². The first-order chi connectivity index (χ1) is 13.3. The SMILES string of the molecule is O=C1NCCc2c1cnn2-c1ccnc(Cc2cc(F)cc(C(F)(F)F)c2)c1. The molecule has 0 spiro atoms. The second kappa shape index (κ2) is 6.74. The van der Waals surface area contributed by atoms with E-state index < -0.39 is 17.6 Å². The summed E-state index contributed by atoms with van der Waals surface area (Å²) in [5.74, 6) is -1.14. The van der Waals surface area contributed by atoms with Crippen molar-refractivity contribution in [2.45, 2.75) is 19.0 Å². The molecule has 0 aliphatic carbocycles. The number of amides is 1. The minimum Gasteiger partial charge on any atom is -0.352 e. The number of pyridine rings is 1. The number of hydrogen-bond acceptors (Lipinski definition) is 3. The monoisotopic (exact) mass is 390 g/mol. The Hall–Kier alpha value is -3.23. The van der Waals surface area contributed by atoms with Crippen LogP contribution in [0.15, 0.2) is 42.7 Å². The normalized spacial score (nSPS) is 13.9. The Labute approximate surface area is 157 Å². The number of nitrogens with zero attached hydrogens (tertiary/aromatic N) is 3. The quantitative estimate of drug-likeness (QED) is 0.698. The number of benzene rings is 1. The van der Waals surface area contributed by atoms with E-state index in [0.717, 1.165) is 17.8 Å². The topological polar surface area (TPSA) is 59.8 Å². The van der Waals surface area contributed by atoms with Gasteiger partial charge in [0, 0.05) is 31.3 Å². The Morgan fingerprint density at radius 1 is 1.18 bits per heavy atom. The molecule has 144 valence electrons. The molecule has 4 rings (SSSR count). The number of rotatable bonds is 3. The summed E-state index contributed by atoms with van der Waals surface area (Å²) in [6.07, 6.45) is -1.01. The van der Waals surface area contributed by atoms with Crippen LogP contribution in [0.3, 0.4) is 0 Å². The lowest BCUT2D eigenvalue weighted by Crippen LogP contribution is -2.32. The van der Waals surface area contributed by atoms with Crippen LogP contribution in [-0.4, -0.2) is 27.2 Å². The Balaban J connectivity index is 1.66. The summed E-state index contributed by atoms with van der Waals surface area (Å²) < 4.78 is 53.9. The average Bonchev–Trinajstić information content (AvgIpc) is 3.06. The van der Waals surface area contributed by atoms with Crippen LogP contribution >= 0.6 is 0 Å². The maximum atomic E-state index is 13.6. The van der Waals surface area contributed by atoms with E-state index >= 15 is 0 Å². The van der Waals surface area contributed by atoms with Crippen molar-refractivity contribution >= 4 is 5.91 Å². The Bertz CT molecular complexity index is 1060. The van der Waals surface area contributed by atoms with E-state index in [0.29, 0.717) is 36.0 Å². The Morgan fingerprint density at radius 3 is 2.79 bits per heavy atom. The predicted octanol–water partition coefficient (Wildman–Crippen LogP) is 3.30. The first-order valence-corrected chi connectivity index (χ1v) is 8.48. The molecule has 5 nitrogen and oxygen atoms in total. The molecule has 0 saturated heterocycles. The summed E-state index contributed by atoms with van der Waals surface area (Å²) in [6, 6.07) is 5.80. The van der Waals surface area contributed by atoms with Crippen LogP contribution in [0.2, 0.25) is 0 Å². The molecule has 0 fully saturated rings. The van der Waals surface area contributed by atoms with Crippen molar-refractivity contribution in [2.24, 2.45) is 0 Å². The molecule has 2 aromatic heterocycles. The first-order valence-electron chi connectivity index (χ1n) is 8.48. The summed E-state index contributed by atoms with van der Waals surface area (Å²) in [7, 11) is 0. The smallest absolute Gasteiger partial charge is 0.352 e. The molecule has 1 aromatic carbocycles. The third-order valence-corrected chi connectivity index (χ3v) is 4.48. The summed E-state index contributed by atoms with van der Waals surface area (Å²) in [5.41, 5.74) is 1.47. The van der Waals surface area contributed by atoms with E-state index in [-0.39, 0.29) is 17.9 Å². The Morgan fingerprint density at radius 2 is 2.00 bits per heavy atom. The molecule has 9 heteroatoms. The number of alkyl halides is 3. The lowest BCUT2D eigenvalue weighted by molar-refractivity contribution is -0.137. The molecule has 0 atom stereocenters. The van der Waals surface area contributed by atoms with Gasteiger partial charge in [-0.3, -0.25) is 9.78 Å². The van der Waals surface area contributed by atoms with Gasteiger partial charge in [0.05, 0.1) is 28.7 Å².